The lowest BCUT2D eigenvalue weighted by molar-refractivity contribution is -0.0487. The van der Waals surface area contributed by atoms with E-state index in [2.05, 4.69) is 52.1 Å². The van der Waals surface area contributed by atoms with E-state index in [4.69, 9.17) is 13.9 Å². The van der Waals surface area contributed by atoms with E-state index in [-0.39, 0.29) is 23.4 Å². The molecule has 1 aromatic rings. The van der Waals surface area contributed by atoms with Crippen LogP contribution in [0.3, 0.4) is 0 Å². The van der Waals surface area contributed by atoms with E-state index in [9.17, 15) is 0 Å². The van der Waals surface area contributed by atoms with Crippen LogP contribution >= 0.6 is 0 Å². The number of benzene rings is 1. The van der Waals surface area contributed by atoms with Crippen LogP contribution in [0.1, 0.15) is 32.4 Å². The minimum Gasteiger partial charge on any atom is -0.483 e. The summed E-state index contributed by atoms with van der Waals surface area (Å²) in [6.07, 6.45) is 4.20. The van der Waals surface area contributed by atoms with Crippen molar-refractivity contribution in [2.45, 2.75) is 57.2 Å². The maximum atomic E-state index is 6.29. The standard InChI is InChI=1S/C18H26O3Si/c1-18(2,3)22(4,5)19-12-13-10-11-16-17(20-13)14-8-6-7-9-15(14)21-16/h6-11,13,16-17H,12H2,1-5H3/t13-,16+,17+/m0/s1. The number of hydrogen-bond acceptors (Lipinski definition) is 3. The van der Waals surface area contributed by atoms with E-state index in [1.807, 2.05) is 18.2 Å². The summed E-state index contributed by atoms with van der Waals surface area (Å²) in [5.41, 5.74) is 1.15. The third-order valence-electron chi connectivity index (χ3n) is 5.04. The normalized spacial score (nSPS) is 27.2. The van der Waals surface area contributed by atoms with Gasteiger partial charge in [0.15, 0.2) is 8.32 Å². The number of hydrogen-bond donors (Lipinski definition) is 0. The van der Waals surface area contributed by atoms with Crippen LogP contribution < -0.4 is 4.74 Å². The Balaban J connectivity index is 1.66. The zero-order valence-corrected chi connectivity index (χ0v) is 15.1. The average Bonchev–Trinajstić information content (AvgIpc) is 2.82. The summed E-state index contributed by atoms with van der Waals surface area (Å²) in [5, 5.41) is 0.219. The fourth-order valence-electron chi connectivity index (χ4n) is 2.57. The molecule has 0 saturated heterocycles. The van der Waals surface area contributed by atoms with Crippen LogP contribution in [0.2, 0.25) is 18.1 Å². The Kier molecular flexibility index (Phi) is 3.95. The van der Waals surface area contributed by atoms with E-state index in [0.29, 0.717) is 6.61 Å². The van der Waals surface area contributed by atoms with Crippen molar-refractivity contribution in [1.29, 1.82) is 0 Å². The quantitative estimate of drug-likeness (QED) is 0.608. The number of para-hydroxylation sites is 1. The van der Waals surface area contributed by atoms with Crippen molar-refractivity contribution in [3.05, 3.63) is 42.0 Å². The summed E-state index contributed by atoms with van der Waals surface area (Å²) in [7, 11) is -1.74. The SMILES string of the molecule is CC(C)(C)[Si](C)(C)OC[C@@H]1C=C[C@H]2Oc3ccccc3[C@H]2O1. The summed E-state index contributed by atoms with van der Waals surface area (Å²) < 4.78 is 18.4. The smallest absolute Gasteiger partial charge is 0.192 e. The Labute approximate surface area is 134 Å². The monoisotopic (exact) mass is 318 g/mol. The Morgan fingerprint density at radius 2 is 1.86 bits per heavy atom. The fraction of sp³-hybridized carbons (Fsp3) is 0.556. The molecule has 22 heavy (non-hydrogen) atoms. The largest absolute Gasteiger partial charge is 0.483 e. The van der Waals surface area contributed by atoms with Crippen LogP contribution in [0, 0.1) is 0 Å². The molecule has 0 spiro atoms. The maximum absolute atomic E-state index is 6.29. The summed E-state index contributed by atoms with van der Waals surface area (Å²) in [6.45, 7) is 11.9. The fourth-order valence-corrected chi connectivity index (χ4v) is 3.58. The van der Waals surface area contributed by atoms with Crippen LogP contribution in [0.15, 0.2) is 36.4 Å². The van der Waals surface area contributed by atoms with Gasteiger partial charge in [-0.1, -0.05) is 45.0 Å². The number of ether oxygens (including phenoxy) is 2. The molecule has 4 heteroatoms. The molecule has 1 aromatic carbocycles. The molecule has 0 amide bonds. The number of rotatable bonds is 3. The van der Waals surface area contributed by atoms with Crippen LogP contribution in [0.25, 0.3) is 0 Å². The molecule has 120 valence electrons. The van der Waals surface area contributed by atoms with Gasteiger partial charge in [0.25, 0.3) is 0 Å². The molecule has 0 bridgehead atoms. The molecule has 0 N–H and O–H groups in total. The van der Waals surface area contributed by atoms with Gasteiger partial charge in [-0.15, -0.1) is 0 Å². The van der Waals surface area contributed by atoms with E-state index in [0.717, 1.165) is 11.3 Å². The molecule has 0 saturated carbocycles. The van der Waals surface area contributed by atoms with Crippen LogP contribution in [0.4, 0.5) is 0 Å². The molecule has 0 aliphatic carbocycles. The second-order valence-corrected chi connectivity index (χ2v) is 12.5. The van der Waals surface area contributed by atoms with Gasteiger partial charge in [-0.25, -0.2) is 0 Å². The van der Waals surface area contributed by atoms with Gasteiger partial charge in [0.1, 0.15) is 18.0 Å². The lowest BCUT2D eigenvalue weighted by atomic mass is 10.0. The Hall–Kier alpha value is -1.10. The van der Waals surface area contributed by atoms with Crippen molar-refractivity contribution in [2.75, 3.05) is 6.61 Å². The average molecular weight is 318 g/mol. The molecule has 3 atom stereocenters. The molecular weight excluding hydrogens is 292 g/mol. The van der Waals surface area contributed by atoms with E-state index < -0.39 is 8.32 Å². The van der Waals surface area contributed by atoms with Crippen molar-refractivity contribution in [1.82, 2.24) is 0 Å². The molecule has 0 unspecified atom stereocenters. The van der Waals surface area contributed by atoms with Crippen molar-refractivity contribution in [2.24, 2.45) is 0 Å². The third-order valence-corrected chi connectivity index (χ3v) is 9.54. The highest BCUT2D eigenvalue weighted by Crippen LogP contribution is 2.42. The second kappa shape index (κ2) is 5.51. The van der Waals surface area contributed by atoms with Crippen LogP contribution in [-0.4, -0.2) is 27.1 Å². The molecule has 2 heterocycles. The van der Waals surface area contributed by atoms with Crippen molar-refractivity contribution < 1.29 is 13.9 Å². The lowest BCUT2D eigenvalue weighted by Gasteiger charge is -2.37. The molecule has 2 aliphatic rings. The van der Waals surface area contributed by atoms with Crippen molar-refractivity contribution in [3.63, 3.8) is 0 Å². The molecule has 0 aromatic heterocycles. The zero-order valence-electron chi connectivity index (χ0n) is 14.1. The molecule has 3 nitrogen and oxygen atoms in total. The maximum Gasteiger partial charge on any atom is 0.192 e. The minimum atomic E-state index is -1.74. The first-order valence-corrected chi connectivity index (χ1v) is 10.9. The van der Waals surface area contributed by atoms with Gasteiger partial charge >= 0.3 is 0 Å². The second-order valence-electron chi connectivity index (χ2n) is 7.67. The van der Waals surface area contributed by atoms with E-state index in [1.165, 1.54) is 0 Å². The highest BCUT2D eigenvalue weighted by atomic mass is 28.4. The van der Waals surface area contributed by atoms with Crippen LogP contribution in [0.5, 0.6) is 5.75 Å². The third kappa shape index (κ3) is 2.87. The Morgan fingerprint density at radius 3 is 2.59 bits per heavy atom. The van der Waals surface area contributed by atoms with Crippen molar-refractivity contribution in [3.8, 4) is 5.75 Å². The molecule has 2 aliphatic heterocycles. The summed E-state index contributed by atoms with van der Waals surface area (Å²) in [5.74, 6) is 0.938. The van der Waals surface area contributed by atoms with Gasteiger partial charge in [0, 0.05) is 5.56 Å². The van der Waals surface area contributed by atoms with Crippen molar-refractivity contribution >= 4 is 8.32 Å². The predicted octanol–water partition coefficient (Wildman–Crippen LogP) is 4.47. The van der Waals surface area contributed by atoms with Gasteiger partial charge < -0.3 is 13.9 Å². The number of fused-ring (bicyclic) bond motifs is 3. The summed E-state index contributed by atoms with van der Waals surface area (Å²) in [4.78, 5) is 0. The molecule has 3 rings (SSSR count). The highest BCUT2D eigenvalue weighted by Gasteiger charge is 2.40. The van der Waals surface area contributed by atoms with Crippen LogP contribution in [-0.2, 0) is 9.16 Å². The molecular formula is C18H26O3Si. The van der Waals surface area contributed by atoms with E-state index in [1.54, 1.807) is 0 Å². The highest BCUT2D eigenvalue weighted by molar-refractivity contribution is 6.74. The van der Waals surface area contributed by atoms with Gasteiger partial charge in [-0.05, 0) is 30.3 Å². The van der Waals surface area contributed by atoms with E-state index >= 15 is 0 Å². The lowest BCUT2D eigenvalue weighted by Crippen LogP contribution is -2.43. The van der Waals surface area contributed by atoms with Gasteiger partial charge in [-0.3, -0.25) is 0 Å². The zero-order chi connectivity index (χ0) is 16.0. The first-order valence-electron chi connectivity index (χ1n) is 8.01. The predicted molar refractivity (Wildman–Crippen MR) is 90.8 cm³/mol. The first-order chi connectivity index (χ1) is 10.3. The first kappa shape index (κ1) is 15.8. The Morgan fingerprint density at radius 1 is 1.14 bits per heavy atom. The Bertz CT molecular complexity index is 574. The molecule has 0 radical (unpaired) electrons. The van der Waals surface area contributed by atoms with Gasteiger partial charge in [-0.2, -0.15) is 0 Å². The summed E-state index contributed by atoms with van der Waals surface area (Å²) in [6, 6.07) is 8.13. The summed E-state index contributed by atoms with van der Waals surface area (Å²) >= 11 is 0. The van der Waals surface area contributed by atoms with Gasteiger partial charge in [0.05, 0.1) is 12.7 Å². The minimum absolute atomic E-state index is 0.00141. The molecule has 0 fully saturated rings. The van der Waals surface area contributed by atoms with Gasteiger partial charge in [0.2, 0.25) is 0 Å². The topological polar surface area (TPSA) is 27.7 Å².